The standard InChI is InChI=1S/C7H10F3NO3/c8-7(9,10)6(14)11-2-1-5(13)4(11)3-12/h4-5,12-13H,1-3H2/t4-,5-/m1/s1. The molecule has 0 radical (unpaired) electrons. The number of hydrogen-bond acceptors (Lipinski definition) is 3. The summed E-state index contributed by atoms with van der Waals surface area (Å²) in [6.45, 7) is -0.840. The molecular weight excluding hydrogens is 203 g/mol. The van der Waals surface area contributed by atoms with Crippen molar-refractivity contribution in [1.82, 2.24) is 4.90 Å². The van der Waals surface area contributed by atoms with Gasteiger partial charge in [0.15, 0.2) is 0 Å². The first kappa shape index (κ1) is 11.3. The van der Waals surface area contributed by atoms with Crippen LogP contribution in [0.3, 0.4) is 0 Å². The summed E-state index contributed by atoms with van der Waals surface area (Å²) < 4.78 is 35.9. The SMILES string of the molecule is O=C(N1CC[C@@H](O)[C@H]1CO)C(F)(F)F. The van der Waals surface area contributed by atoms with Crippen LogP contribution in [0.4, 0.5) is 13.2 Å². The van der Waals surface area contributed by atoms with E-state index in [9.17, 15) is 18.0 Å². The maximum atomic E-state index is 12.0. The highest BCUT2D eigenvalue weighted by Crippen LogP contribution is 2.25. The summed E-state index contributed by atoms with van der Waals surface area (Å²) in [6.07, 6.45) is -5.96. The second-order valence-electron chi connectivity index (χ2n) is 3.10. The van der Waals surface area contributed by atoms with Crippen LogP contribution in [0, 0.1) is 0 Å². The third-order valence-electron chi connectivity index (χ3n) is 2.20. The van der Waals surface area contributed by atoms with Crippen molar-refractivity contribution in [3.8, 4) is 0 Å². The van der Waals surface area contributed by atoms with Crippen LogP contribution in [-0.4, -0.2) is 52.5 Å². The van der Waals surface area contributed by atoms with E-state index in [2.05, 4.69) is 0 Å². The lowest BCUT2D eigenvalue weighted by Crippen LogP contribution is -2.47. The van der Waals surface area contributed by atoms with Crippen LogP contribution in [0.15, 0.2) is 0 Å². The van der Waals surface area contributed by atoms with Crippen LogP contribution < -0.4 is 0 Å². The normalized spacial score (nSPS) is 28.2. The maximum absolute atomic E-state index is 12.0. The van der Waals surface area contributed by atoms with E-state index >= 15 is 0 Å². The van der Waals surface area contributed by atoms with Gasteiger partial charge in [0.25, 0.3) is 0 Å². The van der Waals surface area contributed by atoms with Gasteiger partial charge in [0.05, 0.1) is 18.8 Å². The van der Waals surface area contributed by atoms with Crippen molar-refractivity contribution in [1.29, 1.82) is 0 Å². The van der Waals surface area contributed by atoms with Crippen LogP contribution in [0.1, 0.15) is 6.42 Å². The Balaban J connectivity index is 2.74. The minimum atomic E-state index is -4.95. The fraction of sp³-hybridized carbons (Fsp3) is 0.857. The molecule has 1 aliphatic rings. The summed E-state index contributed by atoms with van der Waals surface area (Å²) in [5, 5.41) is 17.9. The van der Waals surface area contributed by atoms with Crippen molar-refractivity contribution < 1.29 is 28.2 Å². The topological polar surface area (TPSA) is 60.8 Å². The molecule has 4 nitrogen and oxygen atoms in total. The molecule has 0 aromatic carbocycles. The first-order valence-corrected chi connectivity index (χ1v) is 4.04. The largest absolute Gasteiger partial charge is 0.471 e. The Morgan fingerprint density at radius 2 is 2.07 bits per heavy atom. The van der Waals surface area contributed by atoms with Gasteiger partial charge in [-0.25, -0.2) is 0 Å². The molecule has 2 atom stereocenters. The highest BCUT2D eigenvalue weighted by molar-refractivity contribution is 5.82. The van der Waals surface area contributed by atoms with Gasteiger partial charge in [-0.15, -0.1) is 0 Å². The number of alkyl halides is 3. The van der Waals surface area contributed by atoms with Gasteiger partial charge < -0.3 is 15.1 Å². The molecule has 1 heterocycles. The smallest absolute Gasteiger partial charge is 0.394 e. The van der Waals surface area contributed by atoms with Crippen LogP contribution >= 0.6 is 0 Å². The molecule has 1 fully saturated rings. The molecule has 0 aromatic heterocycles. The lowest BCUT2D eigenvalue weighted by molar-refractivity contribution is -0.187. The van der Waals surface area contributed by atoms with Gasteiger partial charge in [-0.1, -0.05) is 0 Å². The first-order valence-electron chi connectivity index (χ1n) is 4.04. The Labute approximate surface area is 77.9 Å². The second kappa shape index (κ2) is 3.74. The lowest BCUT2D eigenvalue weighted by atomic mass is 10.2. The van der Waals surface area contributed by atoms with Crippen molar-refractivity contribution in [3.05, 3.63) is 0 Å². The third-order valence-corrected chi connectivity index (χ3v) is 2.20. The molecule has 1 amide bonds. The summed E-state index contributed by atoms with van der Waals surface area (Å²) in [5.74, 6) is -2.01. The number of carbonyl (C=O) groups is 1. The van der Waals surface area contributed by atoms with Crippen molar-refractivity contribution >= 4 is 5.91 Å². The monoisotopic (exact) mass is 213 g/mol. The van der Waals surface area contributed by atoms with Gasteiger partial charge in [0.2, 0.25) is 0 Å². The van der Waals surface area contributed by atoms with E-state index in [1.807, 2.05) is 0 Å². The van der Waals surface area contributed by atoms with Gasteiger partial charge in [-0.2, -0.15) is 13.2 Å². The average Bonchev–Trinajstić information content (AvgIpc) is 2.43. The van der Waals surface area contributed by atoms with Crippen LogP contribution in [-0.2, 0) is 4.79 Å². The fourth-order valence-electron chi connectivity index (χ4n) is 1.47. The molecule has 0 spiro atoms. The molecule has 1 aliphatic heterocycles. The van der Waals surface area contributed by atoms with E-state index in [0.29, 0.717) is 4.90 Å². The molecule has 2 N–H and O–H groups in total. The lowest BCUT2D eigenvalue weighted by Gasteiger charge is -2.25. The van der Waals surface area contributed by atoms with E-state index in [4.69, 9.17) is 10.2 Å². The van der Waals surface area contributed by atoms with Crippen molar-refractivity contribution in [2.75, 3.05) is 13.2 Å². The average molecular weight is 213 g/mol. The van der Waals surface area contributed by atoms with Gasteiger partial charge >= 0.3 is 12.1 Å². The predicted octanol–water partition coefficient (Wildman–Crippen LogP) is -0.497. The zero-order valence-corrected chi connectivity index (χ0v) is 7.16. The molecule has 1 rings (SSSR count). The highest BCUT2D eigenvalue weighted by Gasteiger charge is 2.48. The molecule has 82 valence electrons. The van der Waals surface area contributed by atoms with Gasteiger partial charge in [0.1, 0.15) is 0 Å². The summed E-state index contributed by atoms with van der Waals surface area (Å²) in [7, 11) is 0. The molecular formula is C7H10F3NO3. The van der Waals surface area contributed by atoms with Crippen molar-refractivity contribution in [2.45, 2.75) is 24.7 Å². The highest BCUT2D eigenvalue weighted by atomic mass is 19.4. The zero-order chi connectivity index (χ0) is 10.9. The van der Waals surface area contributed by atoms with Gasteiger partial charge in [-0.3, -0.25) is 4.79 Å². The zero-order valence-electron chi connectivity index (χ0n) is 7.16. The Morgan fingerprint density at radius 3 is 2.50 bits per heavy atom. The number of hydrogen-bond donors (Lipinski definition) is 2. The Hall–Kier alpha value is -0.820. The Bertz CT molecular complexity index is 231. The summed E-state index contributed by atoms with van der Waals surface area (Å²) in [6, 6.07) is -1.14. The molecule has 0 unspecified atom stereocenters. The first-order chi connectivity index (χ1) is 6.38. The molecule has 0 aromatic rings. The van der Waals surface area contributed by atoms with Gasteiger partial charge in [0, 0.05) is 6.54 Å². The van der Waals surface area contributed by atoms with E-state index < -0.39 is 30.8 Å². The maximum Gasteiger partial charge on any atom is 0.471 e. The molecule has 0 bridgehead atoms. The number of rotatable bonds is 1. The third kappa shape index (κ3) is 1.98. The molecule has 7 heteroatoms. The summed E-state index contributed by atoms with van der Waals surface area (Å²) in [5.41, 5.74) is 0. The number of nitrogens with zero attached hydrogens (tertiary/aromatic N) is 1. The minimum Gasteiger partial charge on any atom is -0.394 e. The summed E-state index contributed by atoms with van der Waals surface area (Å²) in [4.78, 5) is 11.2. The molecule has 0 saturated carbocycles. The predicted molar refractivity (Wildman–Crippen MR) is 39.3 cm³/mol. The van der Waals surface area contributed by atoms with E-state index in [0.717, 1.165) is 0 Å². The van der Waals surface area contributed by atoms with Crippen LogP contribution in [0.25, 0.3) is 0 Å². The van der Waals surface area contributed by atoms with E-state index in [-0.39, 0.29) is 13.0 Å². The Morgan fingerprint density at radius 1 is 1.50 bits per heavy atom. The number of aliphatic hydroxyl groups excluding tert-OH is 2. The summed E-state index contributed by atoms with van der Waals surface area (Å²) >= 11 is 0. The minimum absolute atomic E-state index is 0.0625. The Kier molecular flexibility index (Phi) is 3.01. The van der Waals surface area contributed by atoms with Crippen LogP contribution in [0.2, 0.25) is 0 Å². The quantitative estimate of drug-likeness (QED) is 0.617. The van der Waals surface area contributed by atoms with E-state index in [1.165, 1.54) is 0 Å². The van der Waals surface area contributed by atoms with E-state index in [1.54, 1.807) is 0 Å². The fourth-order valence-corrected chi connectivity index (χ4v) is 1.47. The molecule has 14 heavy (non-hydrogen) atoms. The number of halogens is 3. The molecule has 0 aliphatic carbocycles. The van der Waals surface area contributed by atoms with Gasteiger partial charge in [-0.05, 0) is 6.42 Å². The second-order valence-corrected chi connectivity index (χ2v) is 3.10. The number of aliphatic hydroxyl groups is 2. The number of amides is 1. The number of likely N-dealkylation sites (tertiary alicyclic amines) is 1. The molecule has 1 saturated heterocycles. The van der Waals surface area contributed by atoms with Crippen molar-refractivity contribution in [2.24, 2.45) is 0 Å². The van der Waals surface area contributed by atoms with Crippen molar-refractivity contribution in [3.63, 3.8) is 0 Å². The number of carbonyl (C=O) groups excluding carboxylic acids is 1. The van der Waals surface area contributed by atoms with Crippen LogP contribution in [0.5, 0.6) is 0 Å².